The molecule has 0 saturated heterocycles. The van der Waals surface area contributed by atoms with Gasteiger partial charge in [-0.2, -0.15) is 0 Å². The molecule has 1 aromatic rings. The summed E-state index contributed by atoms with van der Waals surface area (Å²) in [5.74, 6) is 1.53. The van der Waals surface area contributed by atoms with Crippen LogP contribution >= 0.6 is 0 Å². The largest absolute Gasteiger partial charge is 0.492 e. The van der Waals surface area contributed by atoms with Gasteiger partial charge in [0.05, 0.1) is 6.61 Å². The molecule has 1 N–H and O–H groups in total. The van der Waals surface area contributed by atoms with Crippen molar-refractivity contribution in [2.45, 2.75) is 37.5 Å². The Bertz CT molecular complexity index is 760. The topological polar surface area (TPSA) is 75.7 Å². The summed E-state index contributed by atoms with van der Waals surface area (Å²) in [4.78, 5) is 12.7. The van der Waals surface area contributed by atoms with Crippen molar-refractivity contribution in [2.24, 2.45) is 17.8 Å². The van der Waals surface area contributed by atoms with E-state index in [1.807, 2.05) is 0 Å². The Balaban J connectivity index is 1.84. The van der Waals surface area contributed by atoms with Crippen LogP contribution in [0.25, 0.3) is 0 Å². The highest BCUT2D eigenvalue weighted by Crippen LogP contribution is 2.48. The summed E-state index contributed by atoms with van der Waals surface area (Å²) >= 11 is 0. The van der Waals surface area contributed by atoms with Gasteiger partial charge < -0.3 is 10.1 Å². The number of nitrogens with zero attached hydrogens (tertiary/aromatic N) is 1. The van der Waals surface area contributed by atoms with E-state index < -0.39 is 10.0 Å². The van der Waals surface area contributed by atoms with Crippen LogP contribution in [0.4, 0.5) is 5.69 Å². The standard InChI is InChI=1S/C18H26N2O4S/c1-4-24-16-8-7-14(11-17(16)25(22,23)20(2)3)19-18(21)15-10-12-5-6-13(15)9-12/h7-8,11-13,15H,4-6,9-10H2,1-3H3,(H,19,21)/t12-,13-,15-/m0/s1. The first-order valence-electron chi connectivity index (χ1n) is 8.83. The van der Waals surface area contributed by atoms with Gasteiger partial charge in [-0.15, -0.1) is 0 Å². The number of fused-ring (bicyclic) bond motifs is 2. The minimum Gasteiger partial charge on any atom is -0.492 e. The molecule has 2 aliphatic rings. The summed E-state index contributed by atoms with van der Waals surface area (Å²) in [5.41, 5.74) is 0.497. The van der Waals surface area contributed by atoms with Crippen LogP contribution in [0, 0.1) is 17.8 Å². The van der Waals surface area contributed by atoms with Gasteiger partial charge in [-0.3, -0.25) is 4.79 Å². The maximum atomic E-state index is 12.6. The second-order valence-corrected chi connectivity index (χ2v) is 9.27. The van der Waals surface area contributed by atoms with Crippen molar-refractivity contribution in [2.75, 3.05) is 26.0 Å². The van der Waals surface area contributed by atoms with E-state index in [1.54, 1.807) is 19.1 Å². The fourth-order valence-corrected chi connectivity index (χ4v) is 5.11. The summed E-state index contributed by atoms with van der Waals surface area (Å²) in [5, 5.41) is 2.91. The van der Waals surface area contributed by atoms with Gasteiger partial charge in [-0.05, 0) is 56.2 Å². The van der Waals surface area contributed by atoms with Crippen molar-refractivity contribution in [3.05, 3.63) is 18.2 Å². The highest BCUT2D eigenvalue weighted by Gasteiger charge is 2.43. The smallest absolute Gasteiger partial charge is 0.246 e. The molecule has 2 aliphatic carbocycles. The average molecular weight is 366 g/mol. The molecule has 138 valence electrons. The molecule has 3 rings (SSSR count). The summed E-state index contributed by atoms with van der Waals surface area (Å²) in [6, 6.07) is 4.80. The Morgan fingerprint density at radius 1 is 1.28 bits per heavy atom. The lowest BCUT2D eigenvalue weighted by Crippen LogP contribution is -2.27. The van der Waals surface area contributed by atoms with Crippen molar-refractivity contribution in [3.63, 3.8) is 0 Å². The molecule has 1 amide bonds. The molecule has 0 heterocycles. The van der Waals surface area contributed by atoms with Gasteiger partial charge in [0.25, 0.3) is 0 Å². The first kappa shape index (κ1) is 18.2. The Hall–Kier alpha value is -1.60. The van der Waals surface area contributed by atoms with Crippen LogP contribution in [-0.4, -0.2) is 39.3 Å². The molecule has 0 radical (unpaired) electrons. The van der Waals surface area contributed by atoms with Crippen molar-refractivity contribution < 1.29 is 17.9 Å². The summed E-state index contributed by atoms with van der Waals surface area (Å²) < 4.78 is 31.7. The number of nitrogens with one attached hydrogen (secondary N) is 1. The summed E-state index contributed by atoms with van der Waals surface area (Å²) in [6.07, 6.45) is 4.48. The molecule has 2 fully saturated rings. The third-order valence-corrected chi connectivity index (χ3v) is 7.18. The van der Waals surface area contributed by atoms with Crippen LogP contribution < -0.4 is 10.1 Å². The number of benzene rings is 1. The Kier molecular flexibility index (Phi) is 5.06. The molecule has 0 spiro atoms. The van der Waals surface area contributed by atoms with Crippen molar-refractivity contribution in [3.8, 4) is 5.75 Å². The number of ether oxygens (including phenoxy) is 1. The van der Waals surface area contributed by atoms with Gasteiger partial charge in [0.1, 0.15) is 10.6 Å². The number of hydrogen-bond acceptors (Lipinski definition) is 4. The van der Waals surface area contributed by atoms with E-state index in [4.69, 9.17) is 4.74 Å². The lowest BCUT2D eigenvalue weighted by Gasteiger charge is -2.21. The van der Waals surface area contributed by atoms with Crippen molar-refractivity contribution in [1.82, 2.24) is 4.31 Å². The Morgan fingerprint density at radius 3 is 2.60 bits per heavy atom. The molecule has 2 saturated carbocycles. The fourth-order valence-electron chi connectivity index (χ4n) is 4.06. The van der Waals surface area contributed by atoms with Gasteiger partial charge in [-0.1, -0.05) is 6.42 Å². The molecule has 7 heteroatoms. The normalized spacial score (nSPS) is 25.4. The molecule has 0 aliphatic heterocycles. The summed E-state index contributed by atoms with van der Waals surface area (Å²) in [7, 11) is -0.703. The molecule has 1 aromatic carbocycles. The van der Waals surface area contributed by atoms with Crippen LogP contribution in [-0.2, 0) is 14.8 Å². The lowest BCUT2D eigenvalue weighted by atomic mass is 9.88. The quantitative estimate of drug-likeness (QED) is 0.840. The molecule has 2 bridgehead atoms. The van der Waals surface area contributed by atoms with Gasteiger partial charge in [0.15, 0.2) is 0 Å². The van der Waals surface area contributed by atoms with Gasteiger partial charge >= 0.3 is 0 Å². The monoisotopic (exact) mass is 366 g/mol. The van der Waals surface area contributed by atoms with E-state index in [1.165, 1.54) is 26.6 Å². The first-order valence-corrected chi connectivity index (χ1v) is 10.3. The summed E-state index contributed by atoms with van der Waals surface area (Å²) in [6.45, 7) is 2.17. The molecule has 0 unspecified atom stereocenters. The van der Waals surface area contributed by atoms with E-state index in [-0.39, 0.29) is 16.7 Å². The lowest BCUT2D eigenvalue weighted by molar-refractivity contribution is -0.121. The second-order valence-electron chi connectivity index (χ2n) is 7.15. The number of carbonyl (C=O) groups is 1. The molecular formula is C18H26N2O4S. The third kappa shape index (κ3) is 3.53. The minimum atomic E-state index is -3.66. The number of amides is 1. The van der Waals surface area contributed by atoms with Crippen LogP contribution in [0.15, 0.2) is 23.1 Å². The van der Waals surface area contributed by atoms with E-state index in [9.17, 15) is 13.2 Å². The number of anilines is 1. The highest BCUT2D eigenvalue weighted by atomic mass is 32.2. The Morgan fingerprint density at radius 2 is 2.04 bits per heavy atom. The number of rotatable bonds is 6. The van der Waals surface area contributed by atoms with Crippen molar-refractivity contribution >= 4 is 21.6 Å². The van der Waals surface area contributed by atoms with Crippen molar-refractivity contribution in [1.29, 1.82) is 0 Å². The zero-order chi connectivity index (χ0) is 18.2. The minimum absolute atomic E-state index is 0.00422. The molecule has 3 atom stereocenters. The first-order chi connectivity index (χ1) is 11.8. The van der Waals surface area contributed by atoms with E-state index >= 15 is 0 Å². The second kappa shape index (κ2) is 6.96. The van der Waals surface area contributed by atoms with E-state index in [0.29, 0.717) is 29.9 Å². The zero-order valence-corrected chi connectivity index (χ0v) is 15.8. The number of sulfonamides is 1. The number of hydrogen-bond donors (Lipinski definition) is 1. The maximum Gasteiger partial charge on any atom is 0.246 e. The molecule has 6 nitrogen and oxygen atoms in total. The van der Waals surface area contributed by atoms with Gasteiger partial charge in [0, 0.05) is 25.7 Å². The fraction of sp³-hybridized carbons (Fsp3) is 0.611. The molecule has 0 aromatic heterocycles. The molecule has 25 heavy (non-hydrogen) atoms. The van der Waals surface area contributed by atoms with E-state index in [2.05, 4.69) is 5.32 Å². The van der Waals surface area contributed by atoms with Gasteiger partial charge in [0.2, 0.25) is 15.9 Å². The Labute approximate surface area is 149 Å². The maximum absolute atomic E-state index is 12.6. The third-order valence-electron chi connectivity index (χ3n) is 5.34. The predicted molar refractivity (Wildman–Crippen MR) is 96.1 cm³/mol. The SMILES string of the molecule is CCOc1ccc(NC(=O)[C@H]2C[C@H]3CC[C@H]2C3)cc1S(=O)(=O)N(C)C. The van der Waals surface area contributed by atoms with E-state index in [0.717, 1.165) is 23.6 Å². The number of carbonyl (C=O) groups excluding carboxylic acids is 1. The average Bonchev–Trinajstić information content (AvgIpc) is 3.19. The molecular weight excluding hydrogens is 340 g/mol. The zero-order valence-electron chi connectivity index (χ0n) is 15.0. The van der Waals surface area contributed by atoms with Crippen LogP contribution in [0.2, 0.25) is 0 Å². The highest BCUT2D eigenvalue weighted by molar-refractivity contribution is 7.89. The van der Waals surface area contributed by atoms with Gasteiger partial charge in [-0.25, -0.2) is 12.7 Å². The van der Waals surface area contributed by atoms with Crippen LogP contribution in [0.5, 0.6) is 5.75 Å². The predicted octanol–water partition coefficient (Wildman–Crippen LogP) is 2.71. The van der Waals surface area contributed by atoms with Crippen LogP contribution in [0.1, 0.15) is 32.6 Å². The van der Waals surface area contributed by atoms with Crippen LogP contribution in [0.3, 0.4) is 0 Å².